The van der Waals surface area contributed by atoms with Crippen molar-refractivity contribution in [2.45, 2.75) is 6.42 Å². The summed E-state index contributed by atoms with van der Waals surface area (Å²) in [6, 6.07) is 14.0. The summed E-state index contributed by atoms with van der Waals surface area (Å²) in [7, 11) is 0. The predicted octanol–water partition coefficient (Wildman–Crippen LogP) is 2.54. The fourth-order valence-electron chi connectivity index (χ4n) is 3.38. The summed E-state index contributed by atoms with van der Waals surface area (Å²) in [6.45, 7) is 5.43. The van der Waals surface area contributed by atoms with Crippen molar-refractivity contribution in [2.75, 3.05) is 13.2 Å². The van der Waals surface area contributed by atoms with Gasteiger partial charge in [-0.2, -0.15) is 0 Å². The topological polar surface area (TPSA) is 103 Å². The number of rotatable bonds is 7. The van der Waals surface area contributed by atoms with Gasteiger partial charge in [0, 0.05) is 41.0 Å². The monoisotopic (exact) mass is 411 g/mol. The SMILES string of the molecule is C=C(/C=c1\c(=C/N)[nH]c2ncc(-c3ccc(OCCCN)cc3)cc12)c1cccnc1. The van der Waals surface area contributed by atoms with Gasteiger partial charge in [-0.15, -0.1) is 0 Å². The summed E-state index contributed by atoms with van der Waals surface area (Å²) in [4.78, 5) is 12.1. The molecule has 0 fully saturated rings. The fourth-order valence-corrected chi connectivity index (χ4v) is 3.38. The molecule has 0 spiro atoms. The van der Waals surface area contributed by atoms with Gasteiger partial charge < -0.3 is 21.2 Å². The van der Waals surface area contributed by atoms with Crippen LogP contribution < -0.4 is 26.8 Å². The Morgan fingerprint density at radius 3 is 2.68 bits per heavy atom. The third-order valence-corrected chi connectivity index (χ3v) is 5.04. The van der Waals surface area contributed by atoms with Crippen molar-refractivity contribution in [1.82, 2.24) is 15.0 Å². The van der Waals surface area contributed by atoms with E-state index < -0.39 is 0 Å². The molecule has 0 saturated heterocycles. The number of pyridine rings is 2. The second kappa shape index (κ2) is 9.28. The third-order valence-electron chi connectivity index (χ3n) is 5.04. The highest BCUT2D eigenvalue weighted by Crippen LogP contribution is 2.23. The second-order valence-electron chi connectivity index (χ2n) is 7.17. The first-order chi connectivity index (χ1) is 15.2. The van der Waals surface area contributed by atoms with Crippen molar-refractivity contribution in [3.05, 3.63) is 83.8 Å². The number of nitrogens with two attached hydrogens (primary N) is 2. The van der Waals surface area contributed by atoms with E-state index in [-0.39, 0.29) is 0 Å². The van der Waals surface area contributed by atoms with Gasteiger partial charge >= 0.3 is 0 Å². The molecule has 0 bridgehead atoms. The minimum atomic E-state index is 0.616. The van der Waals surface area contributed by atoms with Crippen molar-refractivity contribution in [2.24, 2.45) is 11.5 Å². The minimum Gasteiger partial charge on any atom is -0.494 e. The number of aromatic nitrogens is 3. The summed E-state index contributed by atoms with van der Waals surface area (Å²) >= 11 is 0. The molecule has 3 aromatic heterocycles. The van der Waals surface area contributed by atoms with Crippen LogP contribution in [0.5, 0.6) is 5.75 Å². The van der Waals surface area contributed by atoms with Crippen molar-refractivity contribution in [3.8, 4) is 16.9 Å². The van der Waals surface area contributed by atoms with E-state index in [0.717, 1.165) is 56.0 Å². The Balaban J connectivity index is 1.73. The molecule has 0 aliphatic heterocycles. The van der Waals surface area contributed by atoms with Crippen molar-refractivity contribution in [3.63, 3.8) is 0 Å². The number of aromatic amines is 1. The van der Waals surface area contributed by atoms with Gasteiger partial charge in [0.1, 0.15) is 11.4 Å². The summed E-state index contributed by atoms with van der Waals surface area (Å²) < 4.78 is 5.69. The lowest BCUT2D eigenvalue weighted by Crippen LogP contribution is -2.24. The lowest BCUT2D eigenvalue weighted by atomic mass is 10.0. The zero-order valence-electron chi connectivity index (χ0n) is 17.2. The summed E-state index contributed by atoms with van der Waals surface area (Å²) in [6.07, 6.45) is 9.78. The number of fused-ring (bicyclic) bond motifs is 1. The van der Waals surface area contributed by atoms with Gasteiger partial charge in [0.25, 0.3) is 0 Å². The molecule has 5 N–H and O–H groups in total. The van der Waals surface area contributed by atoms with Crippen LogP contribution in [0.1, 0.15) is 12.0 Å². The molecule has 1 aromatic carbocycles. The van der Waals surface area contributed by atoms with E-state index >= 15 is 0 Å². The quantitative estimate of drug-likeness (QED) is 0.406. The minimum absolute atomic E-state index is 0.616. The van der Waals surface area contributed by atoms with Crippen LogP contribution in [0.15, 0.2) is 67.6 Å². The van der Waals surface area contributed by atoms with E-state index in [0.29, 0.717) is 13.2 Å². The van der Waals surface area contributed by atoms with Gasteiger partial charge in [-0.05, 0) is 60.0 Å². The second-order valence-corrected chi connectivity index (χ2v) is 7.17. The molecule has 0 saturated carbocycles. The zero-order valence-corrected chi connectivity index (χ0v) is 17.2. The maximum absolute atomic E-state index is 5.88. The lowest BCUT2D eigenvalue weighted by Gasteiger charge is -2.07. The van der Waals surface area contributed by atoms with Gasteiger partial charge in [-0.25, -0.2) is 4.98 Å². The van der Waals surface area contributed by atoms with Crippen molar-refractivity contribution < 1.29 is 4.74 Å². The van der Waals surface area contributed by atoms with Gasteiger partial charge in [-0.3, -0.25) is 4.98 Å². The van der Waals surface area contributed by atoms with E-state index in [2.05, 4.69) is 27.6 Å². The molecular weight excluding hydrogens is 386 g/mol. The molecule has 0 unspecified atom stereocenters. The third kappa shape index (κ3) is 4.49. The van der Waals surface area contributed by atoms with Crippen molar-refractivity contribution in [1.29, 1.82) is 0 Å². The number of nitrogens with zero attached hydrogens (tertiary/aromatic N) is 2. The number of ether oxygens (including phenoxy) is 1. The first-order valence-electron chi connectivity index (χ1n) is 10.1. The Bertz CT molecular complexity index is 1310. The van der Waals surface area contributed by atoms with E-state index in [4.69, 9.17) is 16.2 Å². The number of nitrogens with one attached hydrogen (secondary N) is 1. The van der Waals surface area contributed by atoms with Gasteiger partial charge in [0.05, 0.1) is 12.0 Å². The van der Waals surface area contributed by atoms with Crippen molar-refractivity contribution >= 4 is 28.9 Å². The average Bonchev–Trinajstić information content (AvgIpc) is 3.17. The molecular formula is C25H25N5O. The Kier molecular flexibility index (Phi) is 6.10. The Hall–Kier alpha value is -3.90. The van der Waals surface area contributed by atoms with Crippen LogP contribution in [0.2, 0.25) is 0 Å². The average molecular weight is 412 g/mol. The lowest BCUT2D eigenvalue weighted by molar-refractivity contribution is 0.313. The van der Waals surface area contributed by atoms with Gasteiger partial charge in [-0.1, -0.05) is 24.8 Å². The van der Waals surface area contributed by atoms with E-state index in [1.165, 1.54) is 0 Å². The molecule has 0 atom stereocenters. The molecule has 156 valence electrons. The number of benzene rings is 1. The molecule has 0 aliphatic carbocycles. The maximum Gasteiger partial charge on any atom is 0.138 e. The van der Waals surface area contributed by atoms with Crippen LogP contribution in [0.3, 0.4) is 0 Å². The fraction of sp³-hybridized carbons (Fsp3) is 0.120. The van der Waals surface area contributed by atoms with E-state index in [9.17, 15) is 0 Å². The van der Waals surface area contributed by atoms with Crippen LogP contribution in [-0.2, 0) is 0 Å². The van der Waals surface area contributed by atoms with Crippen LogP contribution in [0.4, 0.5) is 0 Å². The zero-order chi connectivity index (χ0) is 21.6. The smallest absolute Gasteiger partial charge is 0.138 e. The van der Waals surface area contributed by atoms with E-state index in [1.54, 1.807) is 18.6 Å². The number of hydrogen-bond donors (Lipinski definition) is 3. The highest BCUT2D eigenvalue weighted by atomic mass is 16.5. The van der Waals surface area contributed by atoms with E-state index in [1.807, 2.05) is 48.7 Å². The normalized spacial score (nSPS) is 12.4. The highest BCUT2D eigenvalue weighted by Gasteiger charge is 2.07. The predicted molar refractivity (Wildman–Crippen MR) is 126 cm³/mol. The Labute approximate surface area is 180 Å². The molecule has 0 radical (unpaired) electrons. The molecule has 31 heavy (non-hydrogen) atoms. The summed E-state index contributed by atoms with van der Waals surface area (Å²) in [5.74, 6) is 0.828. The highest BCUT2D eigenvalue weighted by molar-refractivity contribution is 5.92. The van der Waals surface area contributed by atoms with Crippen LogP contribution in [0, 0.1) is 0 Å². The molecule has 0 amide bonds. The molecule has 3 heterocycles. The summed E-state index contributed by atoms with van der Waals surface area (Å²) in [5.41, 5.74) is 16.0. The van der Waals surface area contributed by atoms with Crippen LogP contribution in [0.25, 0.3) is 40.0 Å². The Morgan fingerprint density at radius 1 is 1.13 bits per heavy atom. The summed E-state index contributed by atoms with van der Waals surface area (Å²) in [5, 5.41) is 2.72. The molecule has 0 aliphatic rings. The molecule has 6 nitrogen and oxygen atoms in total. The number of allylic oxidation sites excluding steroid dienone is 1. The molecule has 4 aromatic rings. The van der Waals surface area contributed by atoms with Crippen LogP contribution >= 0.6 is 0 Å². The standard InChI is InChI=1S/C25H25N5O/c1-17(19-4-2-10-28-15-19)12-22-23-13-20(16-29-25(23)30-24(22)14-27)18-5-7-21(8-6-18)31-11-3-9-26/h2,4-8,10,12-16H,1,3,9,11,26-27H2,(H,29,30)/b22-12-,24-14+. The maximum atomic E-state index is 5.88. The molecule has 6 heteroatoms. The van der Waals surface area contributed by atoms with Gasteiger partial charge in [0.2, 0.25) is 0 Å². The first kappa shape index (κ1) is 20.4. The molecule has 4 rings (SSSR count). The largest absolute Gasteiger partial charge is 0.494 e. The van der Waals surface area contributed by atoms with Crippen LogP contribution in [-0.4, -0.2) is 28.1 Å². The number of hydrogen-bond acceptors (Lipinski definition) is 5. The first-order valence-corrected chi connectivity index (χ1v) is 10.1. The number of H-pyrrole nitrogens is 1. The van der Waals surface area contributed by atoms with Gasteiger partial charge in [0.15, 0.2) is 0 Å². The Morgan fingerprint density at radius 2 is 1.97 bits per heavy atom.